The zero-order chi connectivity index (χ0) is 12.5. The van der Waals surface area contributed by atoms with E-state index in [1.807, 2.05) is 18.2 Å². The average Bonchev–Trinajstić information content (AvgIpc) is 3.08. The van der Waals surface area contributed by atoms with Gasteiger partial charge in [-0.05, 0) is 37.0 Å². The number of aromatic nitrogens is 2. The Morgan fingerprint density at radius 1 is 1.39 bits per heavy atom. The molecule has 1 heterocycles. The van der Waals surface area contributed by atoms with Crippen molar-refractivity contribution in [3.05, 3.63) is 29.3 Å². The van der Waals surface area contributed by atoms with Gasteiger partial charge in [-0.25, -0.2) is 0 Å². The van der Waals surface area contributed by atoms with Crippen LogP contribution in [0.2, 0.25) is 5.02 Å². The number of nitrogens with zero attached hydrogens (tertiary/aromatic N) is 1. The van der Waals surface area contributed by atoms with Crippen molar-refractivity contribution >= 4 is 17.4 Å². The molecular formula is C13H14ClN3O. The van der Waals surface area contributed by atoms with Crippen molar-refractivity contribution in [3.63, 3.8) is 0 Å². The first kappa shape index (κ1) is 11.4. The second kappa shape index (κ2) is 4.53. The Morgan fingerprint density at radius 2 is 2.22 bits per heavy atom. The van der Waals surface area contributed by atoms with Gasteiger partial charge >= 0.3 is 0 Å². The largest absolute Gasteiger partial charge is 0.492 e. The average molecular weight is 264 g/mol. The number of rotatable bonds is 4. The van der Waals surface area contributed by atoms with E-state index in [0.717, 1.165) is 23.6 Å². The van der Waals surface area contributed by atoms with Crippen molar-refractivity contribution < 1.29 is 4.74 Å². The molecule has 0 aliphatic heterocycles. The fourth-order valence-electron chi connectivity index (χ4n) is 1.76. The SMILES string of the molecule is Nc1cc(-c2ccc(OCC3CC3)c(Cl)c2)[nH]n1. The number of hydrogen-bond donors (Lipinski definition) is 2. The van der Waals surface area contributed by atoms with Gasteiger partial charge < -0.3 is 10.5 Å². The van der Waals surface area contributed by atoms with Crippen LogP contribution in [0.3, 0.4) is 0 Å². The third-order valence-electron chi connectivity index (χ3n) is 3.01. The first-order valence-electron chi connectivity index (χ1n) is 5.96. The minimum atomic E-state index is 0.468. The predicted octanol–water partition coefficient (Wildman–Crippen LogP) is 3.10. The maximum atomic E-state index is 6.20. The summed E-state index contributed by atoms with van der Waals surface area (Å²) in [5, 5.41) is 7.36. The van der Waals surface area contributed by atoms with Crippen LogP contribution in [0.15, 0.2) is 24.3 Å². The van der Waals surface area contributed by atoms with Gasteiger partial charge in [0.2, 0.25) is 0 Å². The maximum Gasteiger partial charge on any atom is 0.145 e. The van der Waals surface area contributed by atoms with E-state index < -0.39 is 0 Å². The Kier molecular flexibility index (Phi) is 2.88. The molecule has 1 aliphatic rings. The smallest absolute Gasteiger partial charge is 0.145 e. The third kappa shape index (κ3) is 2.43. The van der Waals surface area contributed by atoms with E-state index in [1.54, 1.807) is 6.07 Å². The Labute approximate surface area is 110 Å². The zero-order valence-corrected chi connectivity index (χ0v) is 10.6. The van der Waals surface area contributed by atoms with Crippen molar-refractivity contribution in [2.75, 3.05) is 12.3 Å². The summed E-state index contributed by atoms with van der Waals surface area (Å²) in [5.74, 6) is 1.92. The molecule has 1 aromatic carbocycles. The summed E-state index contributed by atoms with van der Waals surface area (Å²) >= 11 is 6.20. The molecule has 94 valence electrons. The minimum absolute atomic E-state index is 0.468. The summed E-state index contributed by atoms with van der Waals surface area (Å²) in [6.07, 6.45) is 2.53. The van der Waals surface area contributed by atoms with E-state index in [2.05, 4.69) is 10.2 Å². The lowest BCUT2D eigenvalue weighted by molar-refractivity contribution is 0.300. The summed E-state index contributed by atoms with van der Waals surface area (Å²) in [7, 11) is 0. The van der Waals surface area contributed by atoms with Crippen LogP contribution >= 0.6 is 11.6 Å². The van der Waals surface area contributed by atoms with Gasteiger partial charge in [0.1, 0.15) is 11.6 Å². The maximum absolute atomic E-state index is 6.20. The molecule has 0 radical (unpaired) electrons. The minimum Gasteiger partial charge on any atom is -0.492 e. The Morgan fingerprint density at radius 3 is 2.83 bits per heavy atom. The van der Waals surface area contributed by atoms with Crippen molar-refractivity contribution in [2.24, 2.45) is 5.92 Å². The van der Waals surface area contributed by atoms with Crippen LogP contribution in [0.25, 0.3) is 11.3 Å². The van der Waals surface area contributed by atoms with Crippen LogP contribution in [-0.4, -0.2) is 16.8 Å². The summed E-state index contributed by atoms with van der Waals surface area (Å²) in [4.78, 5) is 0. The van der Waals surface area contributed by atoms with E-state index in [1.165, 1.54) is 12.8 Å². The van der Waals surface area contributed by atoms with Crippen LogP contribution in [-0.2, 0) is 0 Å². The highest BCUT2D eigenvalue weighted by molar-refractivity contribution is 6.32. The Balaban J connectivity index is 1.79. The van der Waals surface area contributed by atoms with Crippen molar-refractivity contribution in [2.45, 2.75) is 12.8 Å². The molecule has 18 heavy (non-hydrogen) atoms. The van der Waals surface area contributed by atoms with Crippen molar-refractivity contribution in [1.82, 2.24) is 10.2 Å². The van der Waals surface area contributed by atoms with Gasteiger partial charge in [0.05, 0.1) is 17.3 Å². The molecule has 1 saturated carbocycles. The molecule has 1 aromatic heterocycles. The molecule has 2 aromatic rings. The molecule has 1 fully saturated rings. The number of nitrogen functional groups attached to an aromatic ring is 1. The van der Waals surface area contributed by atoms with Gasteiger partial charge in [0, 0.05) is 11.6 Å². The summed E-state index contributed by atoms with van der Waals surface area (Å²) in [6, 6.07) is 7.46. The van der Waals surface area contributed by atoms with E-state index in [-0.39, 0.29) is 0 Å². The fourth-order valence-corrected chi connectivity index (χ4v) is 2.00. The number of nitrogens with one attached hydrogen (secondary N) is 1. The zero-order valence-electron chi connectivity index (χ0n) is 9.82. The number of anilines is 1. The normalized spacial score (nSPS) is 14.7. The monoisotopic (exact) mass is 263 g/mol. The van der Waals surface area contributed by atoms with E-state index in [4.69, 9.17) is 22.1 Å². The highest BCUT2D eigenvalue weighted by Gasteiger charge is 2.22. The second-order valence-corrected chi connectivity index (χ2v) is 5.01. The molecule has 4 nitrogen and oxygen atoms in total. The second-order valence-electron chi connectivity index (χ2n) is 4.61. The van der Waals surface area contributed by atoms with Crippen LogP contribution < -0.4 is 10.5 Å². The summed E-state index contributed by atoms with van der Waals surface area (Å²) in [6.45, 7) is 0.760. The number of nitrogens with two attached hydrogens (primary N) is 1. The first-order valence-corrected chi connectivity index (χ1v) is 6.34. The number of benzene rings is 1. The fraction of sp³-hybridized carbons (Fsp3) is 0.308. The summed E-state index contributed by atoms with van der Waals surface area (Å²) < 4.78 is 5.67. The topological polar surface area (TPSA) is 63.9 Å². The van der Waals surface area contributed by atoms with Crippen LogP contribution in [0, 0.1) is 5.92 Å². The molecule has 5 heteroatoms. The predicted molar refractivity (Wildman–Crippen MR) is 71.7 cm³/mol. The lowest BCUT2D eigenvalue weighted by Gasteiger charge is -2.08. The van der Waals surface area contributed by atoms with Gasteiger partial charge in [-0.2, -0.15) is 5.10 Å². The third-order valence-corrected chi connectivity index (χ3v) is 3.31. The van der Waals surface area contributed by atoms with E-state index >= 15 is 0 Å². The van der Waals surface area contributed by atoms with Gasteiger partial charge in [-0.1, -0.05) is 11.6 Å². The number of hydrogen-bond acceptors (Lipinski definition) is 3. The molecule has 0 unspecified atom stereocenters. The van der Waals surface area contributed by atoms with Gasteiger partial charge in [-0.3, -0.25) is 5.10 Å². The Hall–Kier alpha value is -1.68. The molecule has 1 aliphatic carbocycles. The molecule has 3 rings (SSSR count). The van der Waals surface area contributed by atoms with Crippen LogP contribution in [0.1, 0.15) is 12.8 Å². The molecule has 0 bridgehead atoms. The molecular weight excluding hydrogens is 250 g/mol. The Bertz CT molecular complexity index is 563. The standard InChI is InChI=1S/C13H14ClN3O/c14-10-5-9(11-6-13(15)17-16-11)3-4-12(10)18-7-8-1-2-8/h3-6,8H,1-2,7H2,(H3,15,16,17). The molecule has 0 saturated heterocycles. The molecule has 0 amide bonds. The highest BCUT2D eigenvalue weighted by atomic mass is 35.5. The van der Waals surface area contributed by atoms with Crippen LogP contribution in [0.4, 0.5) is 5.82 Å². The lowest BCUT2D eigenvalue weighted by Crippen LogP contribution is -1.99. The van der Waals surface area contributed by atoms with Gasteiger partial charge in [0.25, 0.3) is 0 Å². The number of H-pyrrole nitrogens is 1. The van der Waals surface area contributed by atoms with Gasteiger partial charge in [0.15, 0.2) is 0 Å². The number of halogens is 1. The number of aromatic amines is 1. The van der Waals surface area contributed by atoms with Gasteiger partial charge in [-0.15, -0.1) is 0 Å². The van der Waals surface area contributed by atoms with E-state index in [0.29, 0.717) is 16.8 Å². The first-order chi connectivity index (χ1) is 8.72. The van der Waals surface area contributed by atoms with Crippen molar-refractivity contribution in [1.29, 1.82) is 0 Å². The summed E-state index contributed by atoms with van der Waals surface area (Å²) in [5.41, 5.74) is 7.37. The molecule has 0 atom stereocenters. The van der Waals surface area contributed by atoms with E-state index in [9.17, 15) is 0 Å². The highest BCUT2D eigenvalue weighted by Crippen LogP contribution is 2.33. The molecule has 0 spiro atoms. The van der Waals surface area contributed by atoms with Crippen molar-refractivity contribution in [3.8, 4) is 17.0 Å². The number of ether oxygens (including phenoxy) is 1. The van der Waals surface area contributed by atoms with Crippen LogP contribution in [0.5, 0.6) is 5.75 Å². The molecule has 3 N–H and O–H groups in total. The lowest BCUT2D eigenvalue weighted by atomic mass is 10.1. The quantitative estimate of drug-likeness (QED) is 0.891.